The number of azide groups is 1. The standard InChI is InChI=1S/C11H20N4O3/c1-11(2,3)18-10(16)15-5-4-9(8-13-14-12)17-7-6-15/h9H,4-8H2,1-3H3. The fourth-order valence-electron chi connectivity index (χ4n) is 1.61. The maximum Gasteiger partial charge on any atom is 0.410 e. The second kappa shape index (κ2) is 6.47. The zero-order valence-electron chi connectivity index (χ0n) is 11.1. The number of rotatable bonds is 2. The molecule has 1 atom stereocenters. The summed E-state index contributed by atoms with van der Waals surface area (Å²) < 4.78 is 10.8. The molecule has 0 N–H and O–H groups in total. The molecule has 0 aliphatic carbocycles. The van der Waals surface area contributed by atoms with Gasteiger partial charge in [-0.25, -0.2) is 4.79 Å². The molecule has 1 saturated heterocycles. The first-order chi connectivity index (χ1) is 8.42. The fourth-order valence-corrected chi connectivity index (χ4v) is 1.61. The predicted octanol–water partition coefficient (Wildman–Crippen LogP) is 2.32. The van der Waals surface area contributed by atoms with Crippen molar-refractivity contribution < 1.29 is 14.3 Å². The van der Waals surface area contributed by atoms with Crippen LogP contribution in [0, 0.1) is 0 Å². The number of nitrogens with zero attached hydrogens (tertiary/aromatic N) is 4. The van der Waals surface area contributed by atoms with Crippen molar-refractivity contribution >= 4 is 6.09 Å². The lowest BCUT2D eigenvalue weighted by molar-refractivity contribution is 0.0233. The molecule has 0 saturated carbocycles. The molecule has 1 aliphatic heterocycles. The second-order valence-electron chi connectivity index (χ2n) is 5.16. The molecule has 1 fully saturated rings. The molecule has 1 heterocycles. The molecule has 0 aromatic heterocycles. The molecule has 0 aromatic rings. The molecule has 0 spiro atoms. The van der Waals surface area contributed by atoms with Gasteiger partial charge in [-0.1, -0.05) is 5.11 Å². The zero-order chi connectivity index (χ0) is 13.6. The van der Waals surface area contributed by atoms with E-state index >= 15 is 0 Å². The third-order valence-electron chi connectivity index (χ3n) is 2.44. The highest BCUT2D eigenvalue weighted by atomic mass is 16.6. The molecule has 7 heteroatoms. The molecule has 1 aliphatic rings. The highest BCUT2D eigenvalue weighted by molar-refractivity contribution is 5.68. The lowest BCUT2D eigenvalue weighted by Gasteiger charge is -2.26. The van der Waals surface area contributed by atoms with E-state index in [0.717, 1.165) is 0 Å². The third kappa shape index (κ3) is 5.25. The average molecular weight is 256 g/mol. The molecular weight excluding hydrogens is 236 g/mol. The predicted molar refractivity (Wildman–Crippen MR) is 66.2 cm³/mol. The Morgan fingerprint density at radius 1 is 1.56 bits per heavy atom. The van der Waals surface area contributed by atoms with Crippen LogP contribution in [0.15, 0.2) is 5.11 Å². The Labute approximate surface area is 107 Å². The highest BCUT2D eigenvalue weighted by Gasteiger charge is 2.25. The first-order valence-electron chi connectivity index (χ1n) is 6.03. The van der Waals surface area contributed by atoms with Crippen LogP contribution < -0.4 is 0 Å². The van der Waals surface area contributed by atoms with Gasteiger partial charge in [0.2, 0.25) is 0 Å². The van der Waals surface area contributed by atoms with Crippen LogP contribution in [-0.4, -0.2) is 48.9 Å². The Hall–Kier alpha value is -1.46. The quantitative estimate of drug-likeness (QED) is 0.431. The number of carbonyl (C=O) groups excluding carboxylic acids is 1. The minimum absolute atomic E-state index is 0.117. The maximum absolute atomic E-state index is 11.9. The van der Waals surface area contributed by atoms with E-state index in [4.69, 9.17) is 15.0 Å². The van der Waals surface area contributed by atoms with E-state index < -0.39 is 5.60 Å². The van der Waals surface area contributed by atoms with E-state index in [2.05, 4.69) is 10.0 Å². The van der Waals surface area contributed by atoms with Gasteiger partial charge in [-0.3, -0.25) is 0 Å². The summed E-state index contributed by atoms with van der Waals surface area (Å²) in [5.74, 6) is 0. The van der Waals surface area contributed by atoms with E-state index in [9.17, 15) is 4.79 Å². The van der Waals surface area contributed by atoms with Crippen molar-refractivity contribution in [2.45, 2.75) is 38.9 Å². The zero-order valence-corrected chi connectivity index (χ0v) is 11.1. The van der Waals surface area contributed by atoms with Gasteiger partial charge in [0.15, 0.2) is 0 Å². The molecule has 0 bridgehead atoms. The summed E-state index contributed by atoms with van der Waals surface area (Å²) in [6.45, 7) is 7.31. The Kier molecular flexibility index (Phi) is 5.25. The largest absolute Gasteiger partial charge is 0.444 e. The normalized spacial score (nSPS) is 20.8. The van der Waals surface area contributed by atoms with Crippen LogP contribution in [0.4, 0.5) is 4.79 Å². The van der Waals surface area contributed by atoms with Crippen LogP contribution in [0.1, 0.15) is 27.2 Å². The molecule has 1 rings (SSSR count). The monoisotopic (exact) mass is 256 g/mol. The molecule has 1 amide bonds. The molecule has 1 unspecified atom stereocenters. The Morgan fingerprint density at radius 3 is 2.89 bits per heavy atom. The van der Waals surface area contributed by atoms with E-state index in [1.165, 1.54) is 0 Å². The van der Waals surface area contributed by atoms with Crippen LogP contribution in [0.5, 0.6) is 0 Å². The van der Waals surface area contributed by atoms with Gasteiger partial charge >= 0.3 is 6.09 Å². The summed E-state index contributed by atoms with van der Waals surface area (Å²) in [5, 5.41) is 3.49. The minimum atomic E-state index is -0.491. The van der Waals surface area contributed by atoms with Gasteiger partial charge in [-0.05, 0) is 32.7 Å². The third-order valence-corrected chi connectivity index (χ3v) is 2.44. The lowest BCUT2D eigenvalue weighted by atomic mass is 10.2. The highest BCUT2D eigenvalue weighted by Crippen LogP contribution is 2.13. The second-order valence-corrected chi connectivity index (χ2v) is 5.16. The van der Waals surface area contributed by atoms with Crippen molar-refractivity contribution in [2.24, 2.45) is 5.11 Å². The van der Waals surface area contributed by atoms with Crippen molar-refractivity contribution in [2.75, 3.05) is 26.2 Å². The van der Waals surface area contributed by atoms with Crippen LogP contribution >= 0.6 is 0 Å². The van der Waals surface area contributed by atoms with Crippen LogP contribution in [0.25, 0.3) is 10.4 Å². The van der Waals surface area contributed by atoms with Gasteiger partial charge in [0.25, 0.3) is 0 Å². The smallest absolute Gasteiger partial charge is 0.410 e. The van der Waals surface area contributed by atoms with Crippen molar-refractivity contribution in [3.05, 3.63) is 10.4 Å². The van der Waals surface area contributed by atoms with Crippen molar-refractivity contribution in [3.63, 3.8) is 0 Å². The minimum Gasteiger partial charge on any atom is -0.444 e. The Bertz CT molecular complexity index is 334. The van der Waals surface area contributed by atoms with Gasteiger partial charge in [0, 0.05) is 18.0 Å². The van der Waals surface area contributed by atoms with Gasteiger partial charge in [0.05, 0.1) is 19.3 Å². The Balaban J connectivity index is 2.46. The average Bonchev–Trinajstić information content (AvgIpc) is 2.49. The molecule has 0 radical (unpaired) electrons. The Morgan fingerprint density at radius 2 is 2.28 bits per heavy atom. The summed E-state index contributed by atoms with van der Waals surface area (Å²) >= 11 is 0. The van der Waals surface area contributed by atoms with E-state index in [1.807, 2.05) is 20.8 Å². The van der Waals surface area contributed by atoms with Gasteiger partial charge in [-0.2, -0.15) is 0 Å². The lowest BCUT2D eigenvalue weighted by Crippen LogP contribution is -2.38. The number of carbonyl (C=O) groups is 1. The summed E-state index contributed by atoms with van der Waals surface area (Å²) in [6.07, 6.45) is 0.210. The topological polar surface area (TPSA) is 87.5 Å². The summed E-state index contributed by atoms with van der Waals surface area (Å²) in [5.41, 5.74) is 7.76. The van der Waals surface area contributed by atoms with Gasteiger partial charge in [0.1, 0.15) is 5.60 Å². The number of hydrogen-bond acceptors (Lipinski definition) is 4. The van der Waals surface area contributed by atoms with E-state index in [-0.39, 0.29) is 12.2 Å². The molecule has 7 nitrogen and oxygen atoms in total. The first-order valence-corrected chi connectivity index (χ1v) is 6.03. The van der Waals surface area contributed by atoms with Crippen molar-refractivity contribution in [1.29, 1.82) is 0 Å². The summed E-state index contributed by atoms with van der Waals surface area (Å²) in [4.78, 5) is 16.2. The van der Waals surface area contributed by atoms with E-state index in [1.54, 1.807) is 4.90 Å². The molecular formula is C11H20N4O3. The number of amides is 1. The van der Waals surface area contributed by atoms with Crippen LogP contribution in [0.3, 0.4) is 0 Å². The van der Waals surface area contributed by atoms with Crippen LogP contribution in [0.2, 0.25) is 0 Å². The number of hydrogen-bond donors (Lipinski definition) is 0. The number of ether oxygens (including phenoxy) is 2. The van der Waals surface area contributed by atoms with Crippen LogP contribution in [-0.2, 0) is 9.47 Å². The first kappa shape index (κ1) is 14.6. The molecule has 102 valence electrons. The van der Waals surface area contributed by atoms with Gasteiger partial charge < -0.3 is 14.4 Å². The summed E-state index contributed by atoms with van der Waals surface area (Å²) in [7, 11) is 0. The SMILES string of the molecule is CC(C)(C)OC(=O)N1CCOC(CN=[N+]=[N-])CC1. The molecule has 0 aromatic carbocycles. The maximum atomic E-state index is 11.9. The van der Waals surface area contributed by atoms with Gasteiger partial charge in [-0.15, -0.1) is 0 Å². The summed E-state index contributed by atoms with van der Waals surface area (Å²) in [6, 6.07) is 0. The van der Waals surface area contributed by atoms with Crippen molar-refractivity contribution in [3.8, 4) is 0 Å². The van der Waals surface area contributed by atoms with Crippen molar-refractivity contribution in [1.82, 2.24) is 4.90 Å². The fraction of sp³-hybridized carbons (Fsp3) is 0.909. The molecule has 18 heavy (non-hydrogen) atoms. The van der Waals surface area contributed by atoms with E-state index in [0.29, 0.717) is 32.7 Å².